The third kappa shape index (κ3) is 3.69. The highest BCUT2D eigenvalue weighted by molar-refractivity contribution is 5.45. The molecule has 3 rings (SSSR count). The fraction of sp³-hybridized carbons (Fsp3) is 0.500. The van der Waals surface area contributed by atoms with Crippen molar-refractivity contribution < 1.29 is 4.74 Å². The van der Waals surface area contributed by atoms with Gasteiger partial charge in [0.2, 0.25) is 0 Å². The normalized spacial score (nSPS) is 18.6. The predicted octanol–water partition coefficient (Wildman–Crippen LogP) is 4.02. The van der Waals surface area contributed by atoms with Gasteiger partial charge in [-0.3, -0.25) is 10.00 Å². The van der Waals surface area contributed by atoms with E-state index in [1.54, 1.807) is 7.11 Å². The number of nitrogens with one attached hydrogen (secondary N) is 1. The first-order chi connectivity index (χ1) is 12.1. The molecule has 132 valence electrons. The molecule has 0 aliphatic carbocycles. The van der Waals surface area contributed by atoms with Gasteiger partial charge < -0.3 is 4.74 Å². The summed E-state index contributed by atoms with van der Waals surface area (Å²) < 4.78 is 5.26. The van der Waals surface area contributed by atoms with E-state index >= 15 is 0 Å². The fourth-order valence-electron chi connectivity index (χ4n) is 3.91. The van der Waals surface area contributed by atoms with Crippen molar-refractivity contribution in [3.05, 3.63) is 46.3 Å². The number of aromatic amines is 1. The number of H-pyrrole nitrogens is 1. The monoisotopic (exact) mass is 338 g/mol. The third-order valence-corrected chi connectivity index (χ3v) is 5.15. The topological polar surface area (TPSA) is 64.9 Å². The smallest absolute Gasteiger partial charge is 0.136 e. The van der Waals surface area contributed by atoms with Crippen molar-refractivity contribution in [3.63, 3.8) is 0 Å². The Kier molecular flexibility index (Phi) is 5.40. The molecule has 0 amide bonds. The lowest BCUT2D eigenvalue weighted by molar-refractivity contribution is 0.191. The molecule has 2 heterocycles. The van der Waals surface area contributed by atoms with E-state index in [2.05, 4.69) is 41.1 Å². The third-order valence-electron chi connectivity index (χ3n) is 5.15. The number of aromatic nitrogens is 2. The van der Waals surface area contributed by atoms with Crippen molar-refractivity contribution in [2.45, 2.75) is 52.1 Å². The molecule has 0 spiro atoms. The molecule has 1 aliphatic heterocycles. The Bertz CT molecular complexity index is 755. The predicted molar refractivity (Wildman–Crippen MR) is 97.4 cm³/mol. The van der Waals surface area contributed by atoms with E-state index in [0.717, 1.165) is 30.8 Å². The number of methoxy groups -OCH3 is 1. The SMILES string of the molecule is COc1ccc(CN2CCCCCC2c2c(C)n[nH]c2C)cc1C#N. The molecular formula is C20H26N4O. The molecule has 1 unspecified atom stereocenters. The molecule has 0 saturated carbocycles. The molecule has 1 aromatic heterocycles. The number of nitrogens with zero attached hydrogens (tertiary/aromatic N) is 3. The van der Waals surface area contributed by atoms with Gasteiger partial charge in [-0.15, -0.1) is 0 Å². The Morgan fingerprint density at radius 1 is 1.32 bits per heavy atom. The number of nitriles is 1. The number of aryl methyl sites for hydroxylation is 2. The molecule has 1 saturated heterocycles. The Hall–Kier alpha value is -2.32. The highest BCUT2D eigenvalue weighted by Crippen LogP contribution is 2.34. The molecule has 25 heavy (non-hydrogen) atoms. The van der Waals surface area contributed by atoms with Crippen LogP contribution in [0.25, 0.3) is 0 Å². The molecular weight excluding hydrogens is 312 g/mol. The average Bonchev–Trinajstić information content (AvgIpc) is 2.82. The Morgan fingerprint density at radius 3 is 2.84 bits per heavy atom. The maximum Gasteiger partial charge on any atom is 0.136 e. The van der Waals surface area contributed by atoms with E-state index in [9.17, 15) is 5.26 Å². The lowest BCUT2D eigenvalue weighted by atomic mass is 9.98. The van der Waals surface area contributed by atoms with E-state index in [0.29, 0.717) is 17.4 Å². The summed E-state index contributed by atoms with van der Waals surface area (Å²) in [7, 11) is 1.60. The minimum atomic E-state index is 0.383. The van der Waals surface area contributed by atoms with Gasteiger partial charge in [-0.25, -0.2) is 0 Å². The maximum absolute atomic E-state index is 9.34. The van der Waals surface area contributed by atoms with Crippen molar-refractivity contribution in [2.75, 3.05) is 13.7 Å². The lowest BCUT2D eigenvalue weighted by Crippen LogP contribution is -2.29. The summed E-state index contributed by atoms with van der Waals surface area (Å²) in [6, 6.07) is 8.54. The molecule has 0 radical (unpaired) electrons. The van der Waals surface area contributed by atoms with Gasteiger partial charge in [0.25, 0.3) is 0 Å². The second-order valence-corrected chi connectivity index (χ2v) is 6.83. The highest BCUT2D eigenvalue weighted by Gasteiger charge is 2.27. The van der Waals surface area contributed by atoms with E-state index in [-0.39, 0.29) is 0 Å². The number of ether oxygens (including phenoxy) is 1. The molecule has 1 fully saturated rings. The quantitative estimate of drug-likeness (QED) is 0.914. The zero-order valence-electron chi connectivity index (χ0n) is 15.3. The van der Waals surface area contributed by atoms with E-state index in [4.69, 9.17) is 4.74 Å². The van der Waals surface area contributed by atoms with Crippen molar-refractivity contribution >= 4 is 0 Å². The number of benzene rings is 1. The summed E-state index contributed by atoms with van der Waals surface area (Å²) in [5.74, 6) is 0.639. The second-order valence-electron chi connectivity index (χ2n) is 6.83. The van der Waals surface area contributed by atoms with Crippen LogP contribution >= 0.6 is 0 Å². The molecule has 1 atom stereocenters. The first-order valence-electron chi connectivity index (χ1n) is 8.96. The van der Waals surface area contributed by atoms with Crippen LogP contribution in [0.1, 0.15) is 59.8 Å². The van der Waals surface area contributed by atoms with Crippen LogP contribution in [0, 0.1) is 25.2 Å². The Balaban J connectivity index is 1.89. The second kappa shape index (κ2) is 7.71. The number of hydrogen-bond donors (Lipinski definition) is 1. The van der Waals surface area contributed by atoms with E-state index in [1.807, 2.05) is 12.1 Å². The van der Waals surface area contributed by atoms with Gasteiger partial charge >= 0.3 is 0 Å². The van der Waals surface area contributed by atoms with Crippen molar-refractivity contribution in [1.82, 2.24) is 15.1 Å². The highest BCUT2D eigenvalue weighted by atomic mass is 16.5. The molecule has 0 bridgehead atoms. The summed E-state index contributed by atoms with van der Waals surface area (Å²) in [6.07, 6.45) is 4.89. The Labute approximate surface area is 149 Å². The average molecular weight is 338 g/mol. The van der Waals surface area contributed by atoms with Crippen LogP contribution in [0.15, 0.2) is 18.2 Å². The number of likely N-dealkylation sites (tertiary alicyclic amines) is 1. The molecule has 1 aliphatic rings. The molecule has 1 aromatic carbocycles. The zero-order chi connectivity index (χ0) is 17.8. The fourth-order valence-corrected chi connectivity index (χ4v) is 3.91. The van der Waals surface area contributed by atoms with Crippen LogP contribution in [0.2, 0.25) is 0 Å². The Morgan fingerprint density at radius 2 is 2.16 bits per heavy atom. The van der Waals surface area contributed by atoms with Crippen molar-refractivity contribution in [2.24, 2.45) is 0 Å². The molecule has 5 nitrogen and oxygen atoms in total. The van der Waals surface area contributed by atoms with Crippen LogP contribution in [-0.2, 0) is 6.54 Å². The summed E-state index contributed by atoms with van der Waals surface area (Å²) in [4.78, 5) is 2.54. The van der Waals surface area contributed by atoms with Gasteiger partial charge in [0.15, 0.2) is 0 Å². The van der Waals surface area contributed by atoms with Crippen LogP contribution in [0.3, 0.4) is 0 Å². The number of hydrogen-bond acceptors (Lipinski definition) is 4. The van der Waals surface area contributed by atoms with Crippen LogP contribution in [-0.4, -0.2) is 28.8 Å². The summed E-state index contributed by atoms with van der Waals surface area (Å²) >= 11 is 0. The molecule has 2 aromatic rings. The van der Waals surface area contributed by atoms with Crippen LogP contribution < -0.4 is 4.74 Å². The van der Waals surface area contributed by atoms with E-state index in [1.165, 1.54) is 30.5 Å². The number of rotatable bonds is 4. The standard InChI is InChI=1S/C20H26N4O/c1-14-20(15(2)23-22-14)18-7-5-4-6-10-24(18)13-16-8-9-19(25-3)17(11-16)12-21/h8-9,11,18H,4-7,10,13H2,1-3H3,(H,22,23). The summed E-state index contributed by atoms with van der Waals surface area (Å²) in [6.45, 7) is 6.11. The zero-order valence-corrected chi connectivity index (χ0v) is 15.3. The van der Waals surface area contributed by atoms with Gasteiger partial charge in [0.05, 0.1) is 18.4 Å². The van der Waals surface area contributed by atoms with Gasteiger partial charge in [0.1, 0.15) is 11.8 Å². The summed E-state index contributed by atoms with van der Waals surface area (Å²) in [5.41, 5.74) is 5.37. The largest absolute Gasteiger partial charge is 0.495 e. The first kappa shape index (κ1) is 17.5. The molecule has 5 heteroatoms. The van der Waals surface area contributed by atoms with Gasteiger partial charge in [0, 0.05) is 23.8 Å². The minimum Gasteiger partial charge on any atom is -0.495 e. The van der Waals surface area contributed by atoms with Crippen molar-refractivity contribution in [3.8, 4) is 11.8 Å². The van der Waals surface area contributed by atoms with Gasteiger partial charge in [-0.2, -0.15) is 10.4 Å². The molecule has 1 N–H and O–H groups in total. The summed E-state index contributed by atoms with van der Waals surface area (Å²) in [5, 5.41) is 16.9. The van der Waals surface area contributed by atoms with Crippen molar-refractivity contribution in [1.29, 1.82) is 5.26 Å². The maximum atomic E-state index is 9.34. The van der Waals surface area contributed by atoms with Crippen LogP contribution in [0.4, 0.5) is 0 Å². The lowest BCUT2D eigenvalue weighted by Gasteiger charge is -2.30. The van der Waals surface area contributed by atoms with E-state index < -0.39 is 0 Å². The first-order valence-corrected chi connectivity index (χ1v) is 8.96. The van der Waals surface area contributed by atoms with Gasteiger partial charge in [-0.05, 0) is 50.9 Å². The van der Waals surface area contributed by atoms with Gasteiger partial charge in [-0.1, -0.05) is 18.9 Å². The minimum absolute atomic E-state index is 0.383. The van der Waals surface area contributed by atoms with Crippen LogP contribution in [0.5, 0.6) is 5.75 Å².